The number of benzene rings is 2. The molecule has 0 aliphatic carbocycles. The van der Waals surface area contributed by atoms with Crippen molar-refractivity contribution in [2.24, 2.45) is 0 Å². The van der Waals surface area contributed by atoms with Crippen molar-refractivity contribution in [2.75, 3.05) is 0 Å². The van der Waals surface area contributed by atoms with Crippen LogP contribution < -0.4 is 0 Å². The van der Waals surface area contributed by atoms with Crippen LogP contribution in [0.3, 0.4) is 0 Å². The molecule has 1 aromatic heterocycles. The van der Waals surface area contributed by atoms with Crippen LogP contribution in [0.2, 0.25) is 0 Å². The molecule has 0 atom stereocenters. The first-order valence-corrected chi connectivity index (χ1v) is 8.88. The van der Waals surface area contributed by atoms with Gasteiger partial charge in [0.05, 0.1) is 5.69 Å². The molecule has 2 aromatic carbocycles. The van der Waals surface area contributed by atoms with Crippen molar-refractivity contribution in [3.05, 3.63) is 98.2 Å². The molecule has 3 aromatic rings. The molecule has 1 nitrogen and oxygen atoms in total. The highest BCUT2D eigenvalue weighted by molar-refractivity contribution is 9.10. The first kappa shape index (κ1) is 16.2. The van der Waals surface area contributed by atoms with E-state index in [1.165, 1.54) is 0 Å². The molecule has 0 amide bonds. The predicted octanol–water partition coefficient (Wildman–Crippen LogP) is 6.50. The van der Waals surface area contributed by atoms with Crippen LogP contribution >= 0.6 is 31.9 Å². The summed E-state index contributed by atoms with van der Waals surface area (Å²) < 4.78 is 2.15. The second kappa shape index (κ2) is 7.24. The fraction of sp³-hybridized carbons (Fsp3) is 0.0500. The number of hydrogen-bond donors (Lipinski definition) is 0. The highest BCUT2D eigenvalue weighted by Crippen LogP contribution is 2.26. The number of nitrogens with zero attached hydrogens (tertiary/aromatic N) is 1. The lowest BCUT2D eigenvalue weighted by molar-refractivity contribution is 1.17. The molecular weight excluding hydrogens is 414 g/mol. The summed E-state index contributed by atoms with van der Waals surface area (Å²) in [6, 6.07) is 22.7. The van der Waals surface area contributed by atoms with Crippen molar-refractivity contribution in [1.82, 2.24) is 4.98 Å². The maximum Gasteiger partial charge on any atom is 0.0711 e. The topological polar surface area (TPSA) is 12.9 Å². The van der Waals surface area contributed by atoms with Crippen molar-refractivity contribution in [3.63, 3.8) is 0 Å². The van der Waals surface area contributed by atoms with Gasteiger partial charge < -0.3 is 0 Å². The quantitative estimate of drug-likeness (QED) is 0.433. The van der Waals surface area contributed by atoms with E-state index >= 15 is 0 Å². The predicted molar refractivity (Wildman–Crippen MR) is 104 cm³/mol. The van der Waals surface area contributed by atoms with Crippen LogP contribution in [0.5, 0.6) is 0 Å². The van der Waals surface area contributed by atoms with Gasteiger partial charge in [0.1, 0.15) is 0 Å². The first-order valence-electron chi connectivity index (χ1n) is 7.29. The van der Waals surface area contributed by atoms with Crippen LogP contribution in [-0.4, -0.2) is 4.98 Å². The van der Waals surface area contributed by atoms with Gasteiger partial charge in [0, 0.05) is 20.2 Å². The number of hydrogen-bond acceptors (Lipinski definition) is 1. The fourth-order valence-corrected chi connectivity index (χ4v) is 2.88. The fourth-order valence-electron chi connectivity index (χ4n) is 2.35. The molecule has 23 heavy (non-hydrogen) atoms. The summed E-state index contributed by atoms with van der Waals surface area (Å²) in [6.45, 7) is 2.02. The van der Waals surface area contributed by atoms with E-state index in [2.05, 4.69) is 92.5 Å². The van der Waals surface area contributed by atoms with E-state index in [-0.39, 0.29) is 0 Å². The Bertz CT molecular complexity index is 834. The maximum atomic E-state index is 4.70. The third-order valence-electron chi connectivity index (χ3n) is 3.50. The standard InChI is InChI=1S/C20H15Br2N/c1-14-3-2-4-20(23-14)19(16-7-11-18(22)12-8-16)13-15-5-9-17(21)10-6-15/h2-13H,1H3. The van der Waals surface area contributed by atoms with Gasteiger partial charge in [0.2, 0.25) is 0 Å². The highest BCUT2D eigenvalue weighted by atomic mass is 79.9. The van der Waals surface area contributed by atoms with E-state index in [1.54, 1.807) is 0 Å². The van der Waals surface area contributed by atoms with Crippen molar-refractivity contribution in [1.29, 1.82) is 0 Å². The summed E-state index contributed by atoms with van der Waals surface area (Å²) in [5.74, 6) is 0. The highest BCUT2D eigenvalue weighted by Gasteiger charge is 2.07. The molecule has 0 N–H and O–H groups in total. The lowest BCUT2D eigenvalue weighted by Gasteiger charge is -2.09. The molecule has 0 fully saturated rings. The molecule has 1 heterocycles. The number of aryl methyl sites for hydroxylation is 1. The molecule has 3 heteroatoms. The van der Waals surface area contributed by atoms with Crippen LogP contribution in [0.25, 0.3) is 11.6 Å². The molecule has 0 bridgehead atoms. The number of pyridine rings is 1. The zero-order valence-corrected chi connectivity index (χ0v) is 15.8. The van der Waals surface area contributed by atoms with Gasteiger partial charge in [0.25, 0.3) is 0 Å². The van der Waals surface area contributed by atoms with E-state index in [0.29, 0.717) is 0 Å². The van der Waals surface area contributed by atoms with Gasteiger partial charge in [0.15, 0.2) is 0 Å². The minimum Gasteiger partial charge on any atom is -0.253 e. The van der Waals surface area contributed by atoms with Gasteiger partial charge in [-0.15, -0.1) is 0 Å². The average molecular weight is 429 g/mol. The Morgan fingerprint density at radius 2 is 1.43 bits per heavy atom. The Labute approximate surface area is 153 Å². The summed E-state index contributed by atoms with van der Waals surface area (Å²) in [5, 5.41) is 0. The van der Waals surface area contributed by atoms with E-state index in [4.69, 9.17) is 4.98 Å². The Morgan fingerprint density at radius 1 is 0.826 bits per heavy atom. The summed E-state index contributed by atoms with van der Waals surface area (Å²) in [7, 11) is 0. The Morgan fingerprint density at radius 3 is 2.04 bits per heavy atom. The number of aromatic nitrogens is 1. The molecule has 114 valence electrons. The third-order valence-corrected chi connectivity index (χ3v) is 4.56. The van der Waals surface area contributed by atoms with E-state index in [1.807, 2.05) is 19.1 Å². The molecular formula is C20H15Br2N. The van der Waals surface area contributed by atoms with Gasteiger partial charge in [-0.1, -0.05) is 62.2 Å². The van der Waals surface area contributed by atoms with Crippen LogP contribution in [0, 0.1) is 6.92 Å². The smallest absolute Gasteiger partial charge is 0.0711 e. The van der Waals surface area contributed by atoms with E-state index in [9.17, 15) is 0 Å². The maximum absolute atomic E-state index is 4.70. The van der Waals surface area contributed by atoms with Crippen LogP contribution in [0.15, 0.2) is 75.7 Å². The average Bonchev–Trinajstić information content (AvgIpc) is 2.55. The van der Waals surface area contributed by atoms with Crippen molar-refractivity contribution in [2.45, 2.75) is 6.92 Å². The number of halogens is 2. The third kappa shape index (κ3) is 4.18. The van der Waals surface area contributed by atoms with Crippen molar-refractivity contribution in [3.8, 4) is 0 Å². The zero-order valence-electron chi connectivity index (χ0n) is 12.6. The molecule has 3 rings (SSSR count). The molecule has 0 saturated heterocycles. The van der Waals surface area contributed by atoms with Gasteiger partial charge in [-0.3, -0.25) is 4.98 Å². The summed E-state index contributed by atoms with van der Waals surface area (Å²) in [5.41, 5.74) is 5.41. The normalized spacial score (nSPS) is 11.5. The molecule has 0 spiro atoms. The van der Waals surface area contributed by atoms with Crippen molar-refractivity contribution < 1.29 is 0 Å². The monoisotopic (exact) mass is 427 g/mol. The van der Waals surface area contributed by atoms with Crippen LogP contribution in [0.4, 0.5) is 0 Å². The minimum absolute atomic E-state index is 0.982. The molecule has 0 unspecified atom stereocenters. The molecule has 0 aliphatic heterocycles. The van der Waals surface area contributed by atoms with Gasteiger partial charge >= 0.3 is 0 Å². The Balaban J connectivity index is 2.13. The summed E-state index contributed by atoms with van der Waals surface area (Å²) in [4.78, 5) is 4.70. The van der Waals surface area contributed by atoms with Gasteiger partial charge in [-0.05, 0) is 60.5 Å². The van der Waals surface area contributed by atoms with E-state index in [0.717, 1.165) is 37.0 Å². The summed E-state index contributed by atoms with van der Waals surface area (Å²) in [6.07, 6.45) is 2.18. The molecule has 0 saturated carbocycles. The summed E-state index contributed by atoms with van der Waals surface area (Å²) >= 11 is 6.98. The first-order chi connectivity index (χ1) is 11.1. The Hall–Kier alpha value is -1.71. The zero-order chi connectivity index (χ0) is 16.2. The van der Waals surface area contributed by atoms with Crippen LogP contribution in [0.1, 0.15) is 22.5 Å². The Kier molecular flexibility index (Phi) is 5.09. The molecule has 0 aliphatic rings. The van der Waals surface area contributed by atoms with Gasteiger partial charge in [-0.2, -0.15) is 0 Å². The number of rotatable bonds is 3. The molecule has 0 radical (unpaired) electrons. The van der Waals surface area contributed by atoms with Gasteiger partial charge in [-0.25, -0.2) is 0 Å². The van der Waals surface area contributed by atoms with E-state index < -0.39 is 0 Å². The lowest BCUT2D eigenvalue weighted by atomic mass is 9.99. The second-order valence-electron chi connectivity index (χ2n) is 5.28. The SMILES string of the molecule is Cc1cccc(C(=Cc2ccc(Br)cc2)c2ccc(Br)cc2)n1. The lowest BCUT2D eigenvalue weighted by Crippen LogP contribution is -1.93. The minimum atomic E-state index is 0.982. The van der Waals surface area contributed by atoms with Crippen LogP contribution in [-0.2, 0) is 0 Å². The largest absolute Gasteiger partial charge is 0.253 e. The van der Waals surface area contributed by atoms with Crippen molar-refractivity contribution >= 4 is 43.5 Å². The second-order valence-corrected chi connectivity index (χ2v) is 7.11.